The molecule has 0 spiro atoms. The molecule has 29 heavy (non-hydrogen) atoms. The summed E-state index contributed by atoms with van der Waals surface area (Å²) >= 11 is 0. The van der Waals surface area contributed by atoms with E-state index in [1.54, 1.807) is 24.0 Å². The highest BCUT2D eigenvalue weighted by molar-refractivity contribution is 7.86. The van der Waals surface area contributed by atoms with Crippen molar-refractivity contribution in [1.82, 2.24) is 4.90 Å². The summed E-state index contributed by atoms with van der Waals surface area (Å²) in [6, 6.07) is 7.30. The molecule has 2 fully saturated rings. The van der Waals surface area contributed by atoms with Crippen molar-refractivity contribution in [2.24, 2.45) is 5.92 Å². The number of amides is 1. The van der Waals surface area contributed by atoms with Gasteiger partial charge in [-0.15, -0.1) is 0 Å². The number of benzene rings is 1. The highest BCUT2D eigenvalue weighted by Crippen LogP contribution is 2.30. The number of hydrogen-bond acceptors (Lipinski definition) is 6. The van der Waals surface area contributed by atoms with Crippen LogP contribution in [0.15, 0.2) is 29.2 Å². The van der Waals surface area contributed by atoms with Gasteiger partial charge in [0, 0.05) is 28.9 Å². The summed E-state index contributed by atoms with van der Waals surface area (Å²) in [4.78, 5) is 25.7. The number of hydrogen-bond donors (Lipinski definition) is 1. The maximum absolute atomic E-state index is 11.7. The first-order valence-electron chi connectivity index (χ1n) is 10.0. The smallest absolute Gasteiger partial charge is 0.410 e. The SMILES string of the molecule is CCOC(=O)[C@@H]1CCN(C(=O)OC(C)(C)C)C1.Nc1ccc(S(=O)C2CC2)cc1. The summed E-state index contributed by atoms with van der Waals surface area (Å²) in [5.74, 6) is -0.430. The lowest BCUT2D eigenvalue weighted by molar-refractivity contribution is -0.147. The van der Waals surface area contributed by atoms with Crippen LogP contribution in [-0.4, -0.2) is 51.7 Å². The van der Waals surface area contributed by atoms with Gasteiger partial charge in [0.15, 0.2) is 0 Å². The normalized spacial score (nSPS) is 19.7. The Morgan fingerprint density at radius 3 is 2.31 bits per heavy atom. The third-order valence-corrected chi connectivity index (χ3v) is 6.21. The Balaban J connectivity index is 0.000000218. The molecule has 8 heteroatoms. The third kappa shape index (κ3) is 7.68. The van der Waals surface area contributed by atoms with Crippen LogP contribution >= 0.6 is 0 Å². The number of anilines is 1. The van der Waals surface area contributed by atoms with Crippen LogP contribution in [0.2, 0.25) is 0 Å². The molecule has 2 aliphatic rings. The zero-order valence-corrected chi connectivity index (χ0v) is 18.5. The highest BCUT2D eigenvalue weighted by Gasteiger charge is 2.34. The summed E-state index contributed by atoms with van der Waals surface area (Å²) in [5.41, 5.74) is 5.75. The van der Waals surface area contributed by atoms with Crippen LogP contribution in [0, 0.1) is 5.92 Å². The van der Waals surface area contributed by atoms with E-state index in [1.807, 2.05) is 32.9 Å². The number of carbonyl (C=O) groups is 2. The molecule has 162 valence electrons. The van der Waals surface area contributed by atoms with Gasteiger partial charge in [-0.2, -0.15) is 0 Å². The summed E-state index contributed by atoms with van der Waals surface area (Å²) < 4.78 is 21.8. The molecule has 1 saturated carbocycles. The molecule has 1 aliphatic heterocycles. The average molecular weight is 425 g/mol. The Kier molecular flexibility index (Phi) is 8.07. The summed E-state index contributed by atoms with van der Waals surface area (Å²) in [5, 5.41) is 0.411. The van der Waals surface area contributed by atoms with E-state index in [1.165, 1.54) is 0 Å². The zero-order chi connectivity index (χ0) is 21.6. The van der Waals surface area contributed by atoms with Crippen molar-refractivity contribution in [2.45, 2.75) is 62.7 Å². The van der Waals surface area contributed by atoms with E-state index < -0.39 is 16.4 Å². The van der Waals surface area contributed by atoms with Crippen LogP contribution in [-0.2, 0) is 25.1 Å². The second kappa shape index (κ2) is 10.1. The topological polar surface area (TPSA) is 98.9 Å². The maximum atomic E-state index is 11.7. The van der Waals surface area contributed by atoms with Crippen molar-refractivity contribution < 1.29 is 23.3 Å². The Morgan fingerprint density at radius 2 is 1.79 bits per heavy atom. The molecule has 0 aromatic heterocycles. The monoisotopic (exact) mass is 424 g/mol. The number of carbonyl (C=O) groups excluding carboxylic acids is 2. The van der Waals surface area contributed by atoms with Crippen molar-refractivity contribution in [3.05, 3.63) is 24.3 Å². The molecule has 3 rings (SSSR count). The van der Waals surface area contributed by atoms with E-state index >= 15 is 0 Å². The molecule has 1 amide bonds. The van der Waals surface area contributed by atoms with Crippen molar-refractivity contribution in [3.8, 4) is 0 Å². The minimum atomic E-state index is -0.788. The number of esters is 1. The highest BCUT2D eigenvalue weighted by atomic mass is 32.2. The number of rotatable bonds is 4. The average Bonchev–Trinajstić information content (AvgIpc) is 3.37. The van der Waals surface area contributed by atoms with Crippen LogP contribution in [0.3, 0.4) is 0 Å². The predicted octanol–water partition coefficient (Wildman–Crippen LogP) is 3.35. The second-order valence-corrected chi connectivity index (χ2v) is 9.96. The van der Waals surface area contributed by atoms with E-state index in [0.29, 0.717) is 31.4 Å². The van der Waals surface area contributed by atoms with Gasteiger partial charge >= 0.3 is 12.1 Å². The maximum Gasteiger partial charge on any atom is 0.410 e. The Morgan fingerprint density at radius 1 is 1.17 bits per heavy atom. The van der Waals surface area contributed by atoms with Gasteiger partial charge in [-0.05, 0) is 71.2 Å². The Labute approximate surface area is 175 Å². The molecule has 2 N–H and O–H groups in total. The van der Waals surface area contributed by atoms with E-state index in [2.05, 4.69) is 0 Å². The lowest BCUT2D eigenvalue weighted by atomic mass is 10.1. The van der Waals surface area contributed by atoms with Gasteiger partial charge in [-0.3, -0.25) is 9.00 Å². The molecule has 0 radical (unpaired) electrons. The first-order valence-corrected chi connectivity index (χ1v) is 11.2. The minimum absolute atomic E-state index is 0.206. The van der Waals surface area contributed by atoms with Crippen molar-refractivity contribution in [3.63, 3.8) is 0 Å². The number of likely N-dealkylation sites (tertiary alicyclic amines) is 1. The van der Waals surface area contributed by atoms with Gasteiger partial charge in [-0.25, -0.2) is 4.79 Å². The van der Waals surface area contributed by atoms with Gasteiger partial charge in [0.05, 0.1) is 23.3 Å². The first-order chi connectivity index (χ1) is 13.6. The predicted molar refractivity (Wildman–Crippen MR) is 113 cm³/mol. The van der Waals surface area contributed by atoms with Gasteiger partial charge in [0.1, 0.15) is 5.60 Å². The molecule has 2 atom stereocenters. The van der Waals surface area contributed by atoms with E-state index in [-0.39, 0.29) is 18.0 Å². The second-order valence-electron chi connectivity index (χ2n) is 8.23. The molecule has 1 unspecified atom stereocenters. The van der Waals surface area contributed by atoms with E-state index in [9.17, 15) is 13.8 Å². The summed E-state index contributed by atoms with van der Waals surface area (Å²) in [6.45, 7) is 8.57. The zero-order valence-electron chi connectivity index (χ0n) is 17.7. The first kappa shape index (κ1) is 23.2. The molecular formula is C21H32N2O5S. The molecule has 1 aromatic carbocycles. The fourth-order valence-electron chi connectivity index (χ4n) is 2.78. The van der Waals surface area contributed by atoms with Gasteiger partial charge < -0.3 is 20.1 Å². The molecule has 1 heterocycles. The number of nitrogens with two attached hydrogens (primary N) is 1. The quantitative estimate of drug-likeness (QED) is 0.588. The largest absolute Gasteiger partial charge is 0.466 e. The number of ether oxygens (including phenoxy) is 2. The van der Waals surface area contributed by atoms with E-state index in [4.69, 9.17) is 15.2 Å². The van der Waals surface area contributed by atoms with Crippen LogP contribution < -0.4 is 5.73 Å². The van der Waals surface area contributed by atoms with Crippen molar-refractivity contribution in [1.29, 1.82) is 0 Å². The van der Waals surface area contributed by atoms with Crippen LogP contribution in [0.4, 0.5) is 10.5 Å². The molecule has 0 bridgehead atoms. The summed E-state index contributed by atoms with van der Waals surface area (Å²) in [6.07, 6.45) is 2.51. The number of nitrogens with zero attached hydrogens (tertiary/aromatic N) is 1. The van der Waals surface area contributed by atoms with Crippen LogP contribution in [0.25, 0.3) is 0 Å². The van der Waals surface area contributed by atoms with Crippen molar-refractivity contribution in [2.75, 3.05) is 25.4 Å². The standard InChI is InChI=1S/C12H21NO4.C9H11NOS/c1-5-16-10(14)9-6-7-13(8-9)11(15)17-12(2,3)4;10-7-1-3-8(4-2-7)12(11)9-5-6-9/h9H,5-8H2,1-4H3;1-4,9H,5-6,10H2/t9-;/m1./s1. The van der Waals surface area contributed by atoms with Crippen molar-refractivity contribution >= 4 is 28.5 Å². The third-order valence-electron chi connectivity index (χ3n) is 4.40. The Bertz CT molecular complexity index is 726. The molecule has 1 saturated heterocycles. The lowest BCUT2D eigenvalue weighted by Crippen LogP contribution is -2.36. The Hall–Kier alpha value is -2.09. The number of nitrogen functional groups attached to an aromatic ring is 1. The van der Waals surface area contributed by atoms with E-state index in [0.717, 1.165) is 23.4 Å². The minimum Gasteiger partial charge on any atom is -0.466 e. The van der Waals surface area contributed by atoms with Gasteiger partial charge in [0.25, 0.3) is 0 Å². The summed E-state index contributed by atoms with van der Waals surface area (Å²) in [7, 11) is -0.788. The molecule has 1 aliphatic carbocycles. The fraction of sp³-hybridized carbons (Fsp3) is 0.619. The van der Waals surface area contributed by atoms with Crippen LogP contribution in [0.5, 0.6) is 0 Å². The molecule has 1 aromatic rings. The van der Waals surface area contributed by atoms with Gasteiger partial charge in [-0.1, -0.05) is 0 Å². The lowest BCUT2D eigenvalue weighted by Gasteiger charge is -2.24. The molecule has 7 nitrogen and oxygen atoms in total. The fourth-order valence-corrected chi connectivity index (χ4v) is 4.14. The van der Waals surface area contributed by atoms with Crippen LogP contribution in [0.1, 0.15) is 47.0 Å². The van der Waals surface area contributed by atoms with Gasteiger partial charge in [0.2, 0.25) is 0 Å². The molecular weight excluding hydrogens is 392 g/mol.